The van der Waals surface area contributed by atoms with E-state index in [2.05, 4.69) is 22.2 Å². The fraction of sp³-hybridized carbons (Fsp3) is 0.435. The molecule has 0 aliphatic carbocycles. The van der Waals surface area contributed by atoms with E-state index in [9.17, 15) is 24.5 Å². The van der Waals surface area contributed by atoms with Crippen molar-refractivity contribution in [2.45, 2.75) is 49.4 Å². The largest absolute Gasteiger partial charge is 0.582 e. The van der Waals surface area contributed by atoms with Crippen LogP contribution in [0.2, 0.25) is 0 Å². The average Bonchev–Trinajstić information content (AvgIpc) is 3.74. The highest BCUT2D eigenvalue weighted by atomic mass is 32.7. The number of ether oxygens (including phenoxy) is 2. The van der Waals surface area contributed by atoms with Crippen LogP contribution in [0, 0.1) is 0 Å². The number of aliphatic hydroxyl groups excluding tert-OH is 2. The Labute approximate surface area is 254 Å². The third kappa shape index (κ3) is 6.16. The van der Waals surface area contributed by atoms with Gasteiger partial charge in [0.1, 0.15) is 55.1 Å². The number of aromatic nitrogens is 5. The van der Waals surface area contributed by atoms with Gasteiger partial charge in [-0.1, -0.05) is 0 Å². The Hall–Kier alpha value is -2.31. The lowest BCUT2D eigenvalue weighted by Gasteiger charge is -2.27. The Bertz CT molecular complexity index is 1770. The molecule has 20 heteroatoms. The summed E-state index contributed by atoms with van der Waals surface area (Å²) in [5.41, 5.74) is 6.81. The minimum atomic E-state index is -4.11. The van der Waals surface area contributed by atoms with Gasteiger partial charge in [-0.2, -0.15) is 0 Å². The van der Waals surface area contributed by atoms with Crippen LogP contribution in [0.15, 0.2) is 54.0 Å². The number of rotatable bonds is 10. The van der Waals surface area contributed by atoms with Crippen molar-refractivity contribution in [3.63, 3.8) is 0 Å². The highest BCUT2D eigenvalue weighted by molar-refractivity contribution is 8.39. The molecular formula is C23H27N6O10P2S2+. The maximum Gasteiger partial charge on any atom is 0.582 e. The van der Waals surface area contributed by atoms with E-state index in [1.165, 1.54) is 33.6 Å². The van der Waals surface area contributed by atoms with Gasteiger partial charge in [0.05, 0.1) is 12.7 Å². The Balaban J connectivity index is 1.18. The van der Waals surface area contributed by atoms with E-state index < -0.39 is 56.9 Å². The summed E-state index contributed by atoms with van der Waals surface area (Å²) in [5, 5.41) is 22.5. The second kappa shape index (κ2) is 12.2. The van der Waals surface area contributed by atoms with Gasteiger partial charge in [0.15, 0.2) is 6.23 Å². The normalized spacial score (nSPS) is 29.4. The first-order chi connectivity index (χ1) is 20.5. The standard InChI is InChI=1S/C23H26N6O10P2S2/c24-13-1-4-25-21-12(13)2-6-28(21)18-9-14(30)15(37-18)11-36-41(34,43)39-20-19(32)16(10-35-40(33)42)38-22(20)29-7-3-17(31)27-8-5-26-23(27)29/h1-8,14-16,18-20,22,30,32H,9-11H2,(H3-,24,25,33,34,42,43)/p+1/t14-,15+,16+,18+,19+,20+,22+,41?/m0/s1. The van der Waals surface area contributed by atoms with Crippen LogP contribution in [-0.4, -0.2) is 82.3 Å². The van der Waals surface area contributed by atoms with E-state index in [1.54, 1.807) is 29.1 Å². The second-order valence-corrected chi connectivity index (χ2v) is 14.4. The van der Waals surface area contributed by atoms with Crippen molar-refractivity contribution in [1.82, 2.24) is 23.5 Å². The van der Waals surface area contributed by atoms with Crippen molar-refractivity contribution in [2.24, 2.45) is 0 Å². The van der Waals surface area contributed by atoms with Crippen molar-refractivity contribution in [2.75, 3.05) is 18.9 Å². The number of anilines is 1. The van der Waals surface area contributed by atoms with Crippen LogP contribution >= 0.6 is 26.2 Å². The molecule has 0 saturated carbocycles. The van der Waals surface area contributed by atoms with Gasteiger partial charge in [-0.05, 0) is 28.5 Å². The minimum absolute atomic E-state index is 0.162. The summed E-state index contributed by atoms with van der Waals surface area (Å²) in [6, 6.07) is 4.75. The highest BCUT2D eigenvalue weighted by Crippen LogP contribution is 2.50. The highest BCUT2D eigenvalue weighted by Gasteiger charge is 2.49. The Morgan fingerprint density at radius 3 is 2.70 bits per heavy atom. The molecule has 0 radical (unpaired) electrons. The van der Waals surface area contributed by atoms with Crippen LogP contribution in [0.3, 0.4) is 0 Å². The Morgan fingerprint density at radius 2 is 1.91 bits per heavy atom. The molecule has 0 aromatic carbocycles. The van der Waals surface area contributed by atoms with Crippen LogP contribution in [0.4, 0.5) is 5.69 Å². The molecule has 0 amide bonds. The molecule has 9 atom stereocenters. The van der Waals surface area contributed by atoms with Crippen molar-refractivity contribution >= 4 is 60.5 Å². The van der Waals surface area contributed by atoms with Crippen LogP contribution in [0.1, 0.15) is 18.9 Å². The summed E-state index contributed by atoms with van der Waals surface area (Å²) in [4.78, 5) is 31.8. The Morgan fingerprint density at radius 1 is 1.12 bits per heavy atom. The molecule has 4 aromatic heterocycles. The lowest BCUT2D eigenvalue weighted by molar-refractivity contribution is -0.0528. The quantitative estimate of drug-likeness (QED) is 0.119. The van der Waals surface area contributed by atoms with Crippen LogP contribution in [-0.2, 0) is 39.4 Å². The third-order valence-corrected chi connectivity index (χ3v) is 9.50. The molecule has 2 fully saturated rings. The lowest BCUT2D eigenvalue weighted by Crippen LogP contribution is -2.36. The summed E-state index contributed by atoms with van der Waals surface area (Å²) >= 11 is 8.97. The monoisotopic (exact) mass is 673 g/mol. The average molecular weight is 674 g/mol. The molecule has 230 valence electrons. The number of pyridine rings is 1. The minimum Gasteiger partial charge on any atom is -0.398 e. The number of imidazole rings is 1. The molecule has 2 aliphatic rings. The topological polar surface area (TPSA) is 207 Å². The van der Waals surface area contributed by atoms with E-state index in [-0.39, 0.29) is 31.0 Å². The number of nitrogens with zero attached hydrogens (tertiary/aromatic N) is 5. The molecule has 0 spiro atoms. The Kier molecular flexibility index (Phi) is 8.74. The smallest absolute Gasteiger partial charge is 0.398 e. The van der Waals surface area contributed by atoms with Crippen LogP contribution < -0.4 is 11.3 Å². The predicted molar refractivity (Wildman–Crippen MR) is 158 cm³/mol. The molecule has 6 heterocycles. The second-order valence-electron chi connectivity index (χ2n) is 9.87. The van der Waals surface area contributed by atoms with Gasteiger partial charge >= 0.3 is 13.9 Å². The number of nitrogens with two attached hydrogens (primary N) is 1. The number of nitrogen functional groups attached to an aromatic ring is 1. The summed E-state index contributed by atoms with van der Waals surface area (Å²) in [5.74, 6) is 0.162. The van der Waals surface area contributed by atoms with Gasteiger partial charge in [-0.3, -0.25) is 18.3 Å². The molecule has 2 saturated heterocycles. The first-order valence-electron chi connectivity index (χ1n) is 12.9. The molecule has 16 nitrogen and oxygen atoms in total. The molecule has 4 aromatic rings. The lowest BCUT2D eigenvalue weighted by atomic mass is 10.1. The van der Waals surface area contributed by atoms with Gasteiger partial charge in [0.25, 0.3) is 5.56 Å². The zero-order valence-electron chi connectivity index (χ0n) is 22.0. The van der Waals surface area contributed by atoms with E-state index in [4.69, 9.17) is 40.6 Å². The maximum atomic E-state index is 12.3. The number of thiol groups is 1. The zero-order valence-corrected chi connectivity index (χ0v) is 25.5. The van der Waals surface area contributed by atoms with Gasteiger partial charge in [0, 0.05) is 54.5 Å². The van der Waals surface area contributed by atoms with Crippen molar-refractivity contribution in [3.8, 4) is 0 Å². The van der Waals surface area contributed by atoms with Crippen LogP contribution in [0.5, 0.6) is 0 Å². The first-order valence-corrected chi connectivity index (χ1v) is 17.8. The number of aliphatic hydroxyl groups is 2. The van der Waals surface area contributed by atoms with Crippen LogP contribution in [0.25, 0.3) is 16.8 Å². The molecule has 43 heavy (non-hydrogen) atoms. The fourth-order valence-corrected chi connectivity index (χ4v) is 7.07. The van der Waals surface area contributed by atoms with Crippen molar-refractivity contribution < 1.29 is 42.7 Å². The van der Waals surface area contributed by atoms with Crippen molar-refractivity contribution in [1.29, 1.82) is 0 Å². The third-order valence-electron chi connectivity index (χ3n) is 7.22. The number of hydrogen-bond acceptors (Lipinski definition) is 13. The summed E-state index contributed by atoms with van der Waals surface area (Å²) in [7, 11) is -2.30. The van der Waals surface area contributed by atoms with E-state index in [0.717, 1.165) is 5.39 Å². The summed E-state index contributed by atoms with van der Waals surface area (Å²) in [6.07, 6.45) is 0.335. The zero-order chi connectivity index (χ0) is 30.5. The number of fused-ring (bicyclic) bond motifs is 2. The summed E-state index contributed by atoms with van der Waals surface area (Å²) in [6.45, 7) is -4.76. The SMILES string of the molecule is Nc1ccnc2c1ccn2[C@H]1C[C@H](O)[C@@H](COP(O)(=S)O[C@@H]2[C@H](O)[C@@H](CO[P+](=O)S)O[C@H]2n2ccc(=O)n3ccnc23)O1. The van der Waals surface area contributed by atoms with E-state index in [0.29, 0.717) is 11.3 Å². The molecule has 2 unspecified atom stereocenters. The van der Waals surface area contributed by atoms with Gasteiger partial charge < -0.3 is 39.4 Å². The predicted octanol–water partition coefficient (Wildman–Crippen LogP) is 1.26. The molecule has 2 aliphatic heterocycles. The first kappa shape index (κ1) is 30.7. The fourth-order valence-electron chi connectivity index (χ4n) is 5.18. The van der Waals surface area contributed by atoms with Crippen molar-refractivity contribution in [3.05, 3.63) is 59.5 Å². The maximum absolute atomic E-state index is 12.3. The van der Waals surface area contributed by atoms with Gasteiger partial charge in [0.2, 0.25) is 5.78 Å². The molecule has 6 rings (SSSR count). The molecular weight excluding hydrogens is 646 g/mol. The summed E-state index contributed by atoms with van der Waals surface area (Å²) < 4.78 is 44.2. The number of hydrogen-bond donors (Lipinski definition) is 5. The van der Waals surface area contributed by atoms with Gasteiger partial charge in [-0.25, -0.2) is 9.97 Å². The van der Waals surface area contributed by atoms with E-state index in [1.807, 2.05) is 0 Å². The van der Waals surface area contributed by atoms with Gasteiger partial charge in [-0.15, -0.1) is 4.52 Å². The molecule has 5 N–H and O–H groups in total. The molecule has 0 bridgehead atoms. The van der Waals surface area contributed by atoms with E-state index >= 15 is 0 Å².